The summed E-state index contributed by atoms with van der Waals surface area (Å²) in [5, 5.41) is 16.4. The first-order chi connectivity index (χ1) is 11.0. The van der Waals surface area contributed by atoms with Gasteiger partial charge in [-0.2, -0.15) is 0 Å². The van der Waals surface area contributed by atoms with E-state index in [1.807, 2.05) is 28.8 Å². The minimum atomic E-state index is -0.674. The summed E-state index contributed by atoms with van der Waals surface area (Å²) in [6.45, 7) is 2.99. The van der Waals surface area contributed by atoms with Gasteiger partial charge in [-0.3, -0.25) is 4.79 Å². The number of nitrogens with one attached hydrogen (secondary N) is 2. The van der Waals surface area contributed by atoms with E-state index in [0.717, 1.165) is 16.6 Å². The summed E-state index contributed by atoms with van der Waals surface area (Å²) in [6.07, 6.45) is -0.674. The van der Waals surface area contributed by atoms with E-state index >= 15 is 0 Å². The first-order valence-corrected chi connectivity index (χ1v) is 7.51. The number of amides is 1. The normalized spacial score (nSPS) is 15.0. The molecule has 1 aliphatic rings. The minimum Gasteiger partial charge on any atom is -0.459 e. The number of hydrogen-bond donors (Lipinski definition) is 3. The zero-order valence-corrected chi connectivity index (χ0v) is 12.8. The van der Waals surface area contributed by atoms with Crippen molar-refractivity contribution in [3.05, 3.63) is 30.0 Å². The Morgan fingerprint density at radius 2 is 2.22 bits per heavy atom. The smallest absolute Gasteiger partial charge is 0.355 e. The van der Waals surface area contributed by atoms with Crippen LogP contribution < -0.4 is 10.6 Å². The highest BCUT2D eigenvalue weighted by atomic mass is 16.5. The van der Waals surface area contributed by atoms with Crippen molar-refractivity contribution in [2.24, 2.45) is 0 Å². The maximum absolute atomic E-state index is 11.8. The lowest BCUT2D eigenvalue weighted by molar-refractivity contribution is -0.119. The second-order valence-corrected chi connectivity index (χ2v) is 5.56. The molecule has 7 heteroatoms. The van der Waals surface area contributed by atoms with Gasteiger partial charge in [0.05, 0.1) is 12.6 Å². The number of nitrogens with zero attached hydrogens (tertiary/aromatic N) is 1. The van der Waals surface area contributed by atoms with E-state index in [1.54, 1.807) is 0 Å². The lowest BCUT2D eigenvalue weighted by atomic mass is 10.2. The molecule has 0 radical (unpaired) electrons. The van der Waals surface area contributed by atoms with Gasteiger partial charge >= 0.3 is 5.97 Å². The molecule has 3 rings (SSSR count). The fraction of sp³-hybridized carbons (Fsp3) is 0.375. The van der Waals surface area contributed by atoms with Crippen LogP contribution in [0.4, 0.5) is 5.69 Å². The van der Waals surface area contributed by atoms with Gasteiger partial charge in [0, 0.05) is 36.6 Å². The van der Waals surface area contributed by atoms with Crippen molar-refractivity contribution >= 4 is 28.5 Å². The van der Waals surface area contributed by atoms with Crippen LogP contribution in [-0.4, -0.2) is 47.4 Å². The Morgan fingerprint density at radius 1 is 1.39 bits per heavy atom. The number of esters is 1. The van der Waals surface area contributed by atoms with Gasteiger partial charge in [-0.05, 0) is 24.3 Å². The SMILES string of the molecule is CC(=O)NC[C@H](O)CNc1ccc2c(c1)cc1n2CCOC1=O. The Kier molecular flexibility index (Phi) is 4.20. The van der Waals surface area contributed by atoms with Crippen LogP contribution in [0.2, 0.25) is 0 Å². The largest absolute Gasteiger partial charge is 0.459 e. The molecule has 0 unspecified atom stereocenters. The predicted octanol–water partition coefficient (Wildman–Crippen LogP) is 0.721. The van der Waals surface area contributed by atoms with Gasteiger partial charge in [0.15, 0.2) is 0 Å². The van der Waals surface area contributed by atoms with Gasteiger partial charge < -0.3 is 25.0 Å². The molecule has 2 aromatic rings. The van der Waals surface area contributed by atoms with E-state index in [9.17, 15) is 14.7 Å². The van der Waals surface area contributed by atoms with Crippen molar-refractivity contribution in [1.82, 2.24) is 9.88 Å². The van der Waals surface area contributed by atoms with Crippen LogP contribution in [0, 0.1) is 0 Å². The molecule has 0 bridgehead atoms. The predicted molar refractivity (Wildman–Crippen MR) is 85.4 cm³/mol. The fourth-order valence-corrected chi connectivity index (χ4v) is 2.66. The summed E-state index contributed by atoms with van der Waals surface area (Å²) in [6, 6.07) is 7.59. The number of aliphatic hydroxyl groups excluding tert-OH is 1. The summed E-state index contributed by atoms with van der Waals surface area (Å²) in [5.41, 5.74) is 2.39. The molecule has 1 amide bonds. The van der Waals surface area contributed by atoms with Crippen LogP contribution in [0.5, 0.6) is 0 Å². The standard InChI is InChI=1S/C16H19N3O4/c1-10(20)17-8-13(21)9-18-12-2-3-14-11(6-12)7-15-16(22)23-5-4-19(14)15/h2-3,6-7,13,18,21H,4-5,8-9H2,1H3,(H,17,20)/t13-/m0/s1. The molecule has 1 atom stereocenters. The van der Waals surface area contributed by atoms with Crippen molar-refractivity contribution in [3.8, 4) is 0 Å². The zero-order valence-electron chi connectivity index (χ0n) is 12.8. The van der Waals surface area contributed by atoms with Crippen molar-refractivity contribution in [2.45, 2.75) is 19.6 Å². The van der Waals surface area contributed by atoms with Crippen molar-refractivity contribution in [3.63, 3.8) is 0 Å². The molecule has 1 aromatic carbocycles. The lowest BCUT2D eigenvalue weighted by Crippen LogP contribution is -2.34. The third-order valence-corrected chi connectivity index (χ3v) is 3.79. The number of rotatable bonds is 5. The quantitative estimate of drug-likeness (QED) is 0.707. The minimum absolute atomic E-state index is 0.170. The van der Waals surface area contributed by atoms with Crippen molar-refractivity contribution in [2.75, 3.05) is 25.0 Å². The average Bonchev–Trinajstić information content (AvgIpc) is 2.90. The Balaban J connectivity index is 1.71. The van der Waals surface area contributed by atoms with E-state index in [-0.39, 0.29) is 18.4 Å². The highest BCUT2D eigenvalue weighted by molar-refractivity contribution is 5.97. The molecule has 0 aliphatic carbocycles. The number of cyclic esters (lactones) is 1. The maximum atomic E-state index is 11.8. The third-order valence-electron chi connectivity index (χ3n) is 3.79. The fourth-order valence-electron chi connectivity index (χ4n) is 2.66. The summed E-state index contributed by atoms with van der Waals surface area (Å²) >= 11 is 0. The zero-order chi connectivity index (χ0) is 16.4. The molecule has 122 valence electrons. The molecular formula is C16H19N3O4. The maximum Gasteiger partial charge on any atom is 0.355 e. The molecule has 0 spiro atoms. The van der Waals surface area contributed by atoms with Crippen LogP contribution >= 0.6 is 0 Å². The highest BCUT2D eigenvalue weighted by Gasteiger charge is 2.21. The summed E-state index contributed by atoms with van der Waals surface area (Å²) in [7, 11) is 0. The van der Waals surface area contributed by atoms with Gasteiger partial charge in [-0.15, -0.1) is 0 Å². The van der Waals surface area contributed by atoms with E-state index in [2.05, 4.69) is 10.6 Å². The topological polar surface area (TPSA) is 92.6 Å². The van der Waals surface area contributed by atoms with E-state index in [4.69, 9.17) is 4.74 Å². The van der Waals surface area contributed by atoms with Crippen LogP contribution in [0.25, 0.3) is 10.9 Å². The molecular weight excluding hydrogens is 298 g/mol. The molecule has 1 aromatic heterocycles. The Bertz CT molecular complexity index is 753. The number of aliphatic hydroxyl groups is 1. The summed E-state index contributed by atoms with van der Waals surface area (Å²) in [5.74, 6) is -0.468. The number of fused-ring (bicyclic) bond motifs is 3. The number of carbonyl (C=O) groups is 2. The van der Waals surface area contributed by atoms with Crippen LogP contribution in [0.15, 0.2) is 24.3 Å². The number of anilines is 1. The van der Waals surface area contributed by atoms with E-state index in [1.165, 1.54) is 6.92 Å². The van der Waals surface area contributed by atoms with Crippen LogP contribution in [0.3, 0.4) is 0 Å². The number of aromatic nitrogens is 1. The third kappa shape index (κ3) is 3.29. The van der Waals surface area contributed by atoms with Gasteiger partial charge in [-0.25, -0.2) is 4.79 Å². The molecule has 7 nitrogen and oxygen atoms in total. The first kappa shape index (κ1) is 15.4. The molecule has 0 fully saturated rings. The molecule has 0 saturated heterocycles. The Hall–Kier alpha value is -2.54. The second-order valence-electron chi connectivity index (χ2n) is 5.56. The van der Waals surface area contributed by atoms with Gasteiger partial charge in [0.25, 0.3) is 0 Å². The molecule has 3 N–H and O–H groups in total. The number of benzene rings is 1. The lowest BCUT2D eigenvalue weighted by Gasteiger charge is -2.16. The van der Waals surface area contributed by atoms with E-state index in [0.29, 0.717) is 25.4 Å². The summed E-state index contributed by atoms with van der Waals surface area (Å²) < 4.78 is 7.00. The van der Waals surface area contributed by atoms with Crippen LogP contribution in [-0.2, 0) is 16.1 Å². The molecule has 23 heavy (non-hydrogen) atoms. The van der Waals surface area contributed by atoms with Crippen molar-refractivity contribution in [1.29, 1.82) is 0 Å². The van der Waals surface area contributed by atoms with Gasteiger partial charge in [-0.1, -0.05) is 0 Å². The number of hydrogen-bond acceptors (Lipinski definition) is 5. The monoisotopic (exact) mass is 317 g/mol. The first-order valence-electron chi connectivity index (χ1n) is 7.51. The molecule has 2 heterocycles. The van der Waals surface area contributed by atoms with E-state index < -0.39 is 6.10 Å². The summed E-state index contributed by atoms with van der Waals surface area (Å²) in [4.78, 5) is 22.6. The highest BCUT2D eigenvalue weighted by Crippen LogP contribution is 2.25. The molecule has 1 aliphatic heterocycles. The number of ether oxygens (including phenoxy) is 1. The van der Waals surface area contributed by atoms with Gasteiger partial charge in [0.1, 0.15) is 12.3 Å². The van der Waals surface area contributed by atoms with Crippen molar-refractivity contribution < 1.29 is 19.4 Å². The number of carbonyl (C=O) groups excluding carboxylic acids is 2. The van der Waals surface area contributed by atoms with Crippen LogP contribution in [0.1, 0.15) is 17.4 Å². The average molecular weight is 317 g/mol. The Labute approximate surface area is 133 Å². The second kappa shape index (κ2) is 6.29. The van der Waals surface area contributed by atoms with Gasteiger partial charge in [0.2, 0.25) is 5.91 Å². The Morgan fingerprint density at radius 3 is 3.00 bits per heavy atom. The molecule has 0 saturated carbocycles.